The highest BCUT2D eigenvalue weighted by Gasteiger charge is 2.08. The Labute approximate surface area is 193 Å². The fourth-order valence-corrected chi connectivity index (χ4v) is 4.19. The molecule has 1 N–H and O–H groups in total. The Morgan fingerprint density at radius 3 is 2.72 bits per heavy atom. The van der Waals surface area contributed by atoms with Crippen LogP contribution in [0.1, 0.15) is 16.7 Å². The summed E-state index contributed by atoms with van der Waals surface area (Å²) >= 11 is 2.79. The highest BCUT2D eigenvalue weighted by atomic mass is 32.2. The summed E-state index contributed by atoms with van der Waals surface area (Å²) in [5.41, 5.74) is 2.42. The fourth-order valence-electron chi connectivity index (χ4n) is 2.48. The van der Waals surface area contributed by atoms with Gasteiger partial charge in [-0.25, -0.2) is 0 Å². The van der Waals surface area contributed by atoms with E-state index in [9.17, 15) is 4.79 Å². The minimum absolute atomic E-state index is 0.0798. The Balaban J connectivity index is 1.54. The number of carbonyl (C=O) groups excluding carboxylic acids is 1. The molecule has 0 saturated heterocycles. The first kappa shape index (κ1) is 22.8. The van der Waals surface area contributed by atoms with E-state index in [-0.39, 0.29) is 12.5 Å². The molecule has 0 radical (unpaired) electrons. The van der Waals surface area contributed by atoms with E-state index in [1.807, 2.05) is 18.2 Å². The normalized spacial score (nSPS) is 10.3. The molecule has 0 aliphatic carbocycles. The number of nitriles is 2. The molecule has 0 atom stereocenters. The molecule has 0 aliphatic heterocycles. The molecular weight excluding hydrogens is 446 g/mol. The van der Waals surface area contributed by atoms with E-state index in [1.54, 1.807) is 36.4 Å². The summed E-state index contributed by atoms with van der Waals surface area (Å²) < 4.78 is 11.3. The van der Waals surface area contributed by atoms with Gasteiger partial charge < -0.3 is 9.47 Å². The largest absolute Gasteiger partial charge is 0.493 e. The maximum absolute atomic E-state index is 12.2. The second-order valence-electron chi connectivity index (χ2n) is 6.15. The lowest BCUT2D eigenvalue weighted by atomic mass is 10.2. The van der Waals surface area contributed by atoms with Crippen molar-refractivity contribution >= 4 is 40.2 Å². The third kappa shape index (κ3) is 6.57. The number of benzene rings is 2. The smallest absolute Gasteiger partial charge is 0.250 e. The lowest BCUT2D eigenvalue weighted by Crippen LogP contribution is -2.07. The zero-order chi connectivity index (χ0) is 22.8. The first-order valence-electron chi connectivity index (χ1n) is 9.23. The van der Waals surface area contributed by atoms with Crippen LogP contribution in [0, 0.1) is 22.7 Å². The summed E-state index contributed by atoms with van der Waals surface area (Å²) in [6.45, 7) is -0.0798. The monoisotopic (exact) mass is 463 g/mol. The molecule has 0 bridgehead atoms. The molecule has 3 aromatic rings. The zero-order valence-electron chi connectivity index (χ0n) is 16.9. The molecule has 1 heterocycles. The average Bonchev–Trinajstić information content (AvgIpc) is 3.27. The molecule has 0 spiro atoms. The van der Waals surface area contributed by atoms with Crippen molar-refractivity contribution in [1.82, 2.24) is 10.2 Å². The first-order valence-corrected chi connectivity index (χ1v) is 11.0. The van der Waals surface area contributed by atoms with Gasteiger partial charge in [0, 0.05) is 11.8 Å². The van der Waals surface area contributed by atoms with Crippen LogP contribution in [0.5, 0.6) is 11.5 Å². The quantitative estimate of drug-likeness (QED) is 0.284. The number of anilines is 1. The molecule has 32 heavy (non-hydrogen) atoms. The van der Waals surface area contributed by atoms with Crippen molar-refractivity contribution < 1.29 is 14.3 Å². The van der Waals surface area contributed by atoms with Crippen LogP contribution in [0.3, 0.4) is 0 Å². The highest BCUT2D eigenvalue weighted by molar-refractivity contribution is 8.00. The first-order chi connectivity index (χ1) is 15.6. The number of nitrogens with zero attached hydrogens (tertiary/aromatic N) is 4. The molecule has 0 unspecified atom stereocenters. The average molecular weight is 464 g/mol. The van der Waals surface area contributed by atoms with Crippen LogP contribution in [-0.2, 0) is 10.5 Å². The molecule has 8 nitrogen and oxygen atoms in total. The summed E-state index contributed by atoms with van der Waals surface area (Å²) in [7, 11) is 1.50. The van der Waals surface area contributed by atoms with Crippen LogP contribution in [-0.4, -0.2) is 29.8 Å². The number of hydrogen-bond donors (Lipinski definition) is 1. The van der Waals surface area contributed by atoms with Crippen LogP contribution < -0.4 is 14.8 Å². The van der Waals surface area contributed by atoms with E-state index in [2.05, 4.69) is 21.6 Å². The maximum Gasteiger partial charge on any atom is 0.250 e. The van der Waals surface area contributed by atoms with Crippen LogP contribution in [0.15, 0.2) is 52.9 Å². The van der Waals surface area contributed by atoms with E-state index in [4.69, 9.17) is 20.0 Å². The zero-order valence-corrected chi connectivity index (χ0v) is 18.6. The van der Waals surface area contributed by atoms with Gasteiger partial charge in [0.25, 0.3) is 0 Å². The van der Waals surface area contributed by atoms with Crippen molar-refractivity contribution in [1.29, 1.82) is 10.5 Å². The number of thioether (sulfide) groups is 1. The molecule has 10 heteroatoms. The molecule has 0 aliphatic rings. The third-order valence-electron chi connectivity index (χ3n) is 3.99. The Morgan fingerprint density at radius 1 is 1.19 bits per heavy atom. The second kappa shape index (κ2) is 11.5. The summed E-state index contributed by atoms with van der Waals surface area (Å²) in [5.74, 6) is 1.27. The number of aromatic nitrogens is 2. The second-order valence-corrected chi connectivity index (χ2v) is 8.35. The number of amides is 1. The van der Waals surface area contributed by atoms with E-state index < -0.39 is 0 Å². The van der Waals surface area contributed by atoms with Gasteiger partial charge in [-0.3, -0.25) is 10.1 Å². The molecule has 2 aromatic carbocycles. The highest BCUT2D eigenvalue weighted by Crippen LogP contribution is 2.29. The van der Waals surface area contributed by atoms with Crippen molar-refractivity contribution in [2.75, 3.05) is 19.0 Å². The standard InChI is InChI=1S/C22H17N5O3S2/c1-29-19-12-15(6-8-18(19)30-11-10-23)7-9-20(28)25-21-26-27-22(32-21)31-14-17-4-2-16(13-24)3-5-17/h2-9,12H,11,14H2,1H3,(H,25,26,28)/b9-7+. The van der Waals surface area contributed by atoms with Crippen molar-refractivity contribution in [3.05, 3.63) is 65.2 Å². The van der Waals surface area contributed by atoms with Gasteiger partial charge in [0.05, 0.1) is 18.7 Å². The molecular formula is C22H17N5O3S2. The Morgan fingerprint density at radius 2 is 2.00 bits per heavy atom. The molecule has 3 rings (SSSR count). The molecule has 1 amide bonds. The van der Waals surface area contributed by atoms with Crippen molar-refractivity contribution in [3.8, 4) is 23.6 Å². The Bertz CT molecular complexity index is 1190. The summed E-state index contributed by atoms with van der Waals surface area (Å²) in [5, 5.41) is 28.6. The van der Waals surface area contributed by atoms with Gasteiger partial charge in [0.1, 0.15) is 6.07 Å². The van der Waals surface area contributed by atoms with Gasteiger partial charge in [-0.05, 0) is 41.5 Å². The van der Waals surface area contributed by atoms with Gasteiger partial charge in [-0.15, -0.1) is 10.2 Å². The SMILES string of the molecule is COc1cc(/C=C/C(=O)Nc2nnc(SCc3ccc(C#N)cc3)s2)ccc1OCC#N. The fraction of sp³-hybridized carbons (Fsp3) is 0.136. The number of carbonyl (C=O) groups is 1. The number of nitrogens with one attached hydrogen (secondary N) is 1. The Kier molecular flexibility index (Phi) is 8.21. The van der Waals surface area contributed by atoms with Crippen LogP contribution in [0.25, 0.3) is 6.08 Å². The van der Waals surface area contributed by atoms with Gasteiger partial charge >= 0.3 is 0 Å². The number of ether oxygens (including phenoxy) is 2. The third-order valence-corrected chi connectivity index (χ3v) is 6.03. The van der Waals surface area contributed by atoms with Crippen molar-refractivity contribution in [2.24, 2.45) is 0 Å². The summed E-state index contributed by atoms with van der Waals surface area (Å²) in [4.78, 5) is 12.2. The number of rotatable bonds is 9. The van der Waals surface area contributed by atoms with Crippen LogP contribution >= 0.6 is 23.1 Å². The summed E-state index contributed by atoms with van der Waals surface area (Å²) in [6, 6.07) is 16.5. The molecule has 0 saturated carbocycles. The lowest BCUT2D eigenvalue weighted by molar-refractivity contribution is -0.111. The van der Waals surface area contributed by atoms with Gasteiger partial charge in [0.2, 0.25) is 11.0 Å². The number of hydrogen-bond acceptors (Lipinski definition) is 9. The van der Waals surface area contributed by atoms with E-state index in [0.717, 1.165) is 15.5 Å². The minimum Gasteiger partial charge on any atom is -0.493 e. The van der Waals surface area contributed by atoms with Gasteiger partial charge in [-0.2, -0.15) is 10.5 Å². The minimum atomic E-state index is -0.339. The molecule has 0 fully saturated rings. The van der Waals surface area contributed by atoms with Crippen LogP contribution in [0.2, 0.25) is 0 Å². The van der Waals surface area contributed by atoms with Crippen molar-refractivity contribution in [2.45, 2.75) is 10.1 Å². The predicted octanol–water partition coefficient (Wildman–Crippen LogP) is 4.26. The summed E-state index contributed by atoms with van der Waals surface area (Å²) in [6.07, 6.45) is 3.02. The molecule has 1 aromatic heterocycles. The topological polar surface area (TPSA) is 121 Å². The maximum atomic E-state index is 12.2. The molecule has 160 valence electrons. The van der Waals surface area contributed by atoms with Crippen LogP contribution in [0.4, 0.5) is 5.13 Å². The Hall–Kier alpha value is -3.86. The number of methoxy groups -OCH3 is 1. The lowest BCUT2D eigenvalue weighted by Gasteiger charge is -2.08. The van der Waals surface area contributed by atoms with E-state index >= 15 is 0 Å². The van der Waals surface area contributed by atoms with Crippen molar-refractivity contribution in [3.63, 3.8) is 0 Å². The van der Waals surface area contributed by atoms with E-state index in [1.165, 1.54) is 36.3 Å². The predicted molar refractivity (Wildman–Crippen MR) is 122 cm³/mol. The van der Waals surface area contributed by atoms with E-state index in [0.29, 0.717) is 27.9 Å². The van der Waals surface area contributed by atoms with Gasteiger partial charge in [0.15, 0.2) is 22.4 Å². The van der Waals surface area contributed by atoms with Gasteiger partial charge in [-0.1, -0.05) is 41.3 Å².